The highest BCUT2D eigenvalue weighted by molar-refractivity contribution is 5.79. The topological polar surface area (TPSA) is 77.7 Å². The molecule has 0 saturated carbocycles. The van der Waals surface area contributed by atoms with Gasteiger partial charge in [0, 0.05) is 25.1 Å². The first-order chi connectivity index (χ1) is 14.7. The molecule has 156 valence electrons. The molecule has 30 heavy (non-hydrogen) atoms. The summed E-state index contributed by atoms with van der Waals surface area (Å²) in [6.07, 6.45) is 1.33. The largest absolute Gasteiger partial charge is 0.497 e. The Morgan fingerprint density at radius 1 is 1.17 bits per heavy atom. The van der Waals surface area contributed by atoms with E-state index in [1.807, 2.05) is 53.4 Å². The lowest BCUT2D eigenvalue weighted by atomic mass is 10.1. The summed E-state index contributed by atoms with van der Waals surface area (Å²) in [5.41, 5.74) is 1.88. The zero-order valence-electron chi connectivity index (χ0n) is 17.2. The molecule has 0 aliphatic carbocycles. The third kappa shape index (κ3) is 4.45. The molecule has 7 heteroatoms. The number of methoxy groups -OCH3 is 1. The number of hydrogen-bond donors (Lipinski definition) is 0. The minimum atomic E-state index is -0.100. The third-order valence-corrected chi connectivity index (χ3v) is 5.10. The molecular weight excluding hydrogens is 382 g/mol. The van der Waals surface area contributed by atoms with Crippen LogP contribution in [0.5, 0.6) is 11.5 Å². The summed E-state index contributed by atoms with van der Waals surface area (Å²) in [5.74, 6) is 2.60. The fourth-order valence-electron chi connectivity index (χ4n) is 3.52. The standard InChI is InChI=1S/C23H25N3O4/c1-3-11-29-19-9-7-17(8-10-19)22-24-23(30-25-22)18-13-21(27)26(15-18)14-16-5-4-6-20(12-16)28-2/h4-10,12,18H,3,11,13-15H2,1-2H3. The molecule has 4 rings (SSSR count). The summed E-state index contributed by atoms with van der Waals surface area (Å²) < 4.78 is 16.4. The van der Waals surface area contributed by atoms with Gasteiger partial charge in [-0.1, -0.05) is 24.2 Å². The summed E-state index contributed by atoms with van der Waals surface area (Å²) in [6, 6.07) is 15.4. The number of aromatic nitrogens is 2. The van der Waals surface area contributed by atoms with Gasteiger partial charge in [0.25, 0.3) is 0 Å². The molecular formula is C23H25N3O4. The van der Waals surface area contributed by atoms with E-state index in [2.05, 4.69) is 17.1 Å². The molecule has 1 aliphatic rings. The zero-order chi connectivity index (χ0) is 20.9. The molecule has 2 aromatic carbocycles. The number of benzene rings is 2. The number of hydrogen-bond acceptors (Lipinski definition) is 6. The molecule has 2 heterocycles. The Kier molecular flexibility index (Phi) is 5.97. The van der Waals surface area contributed by atoms with Gasteiger partial charge in [0.2, 0.25) is 17.6 Å². The van der Waals surface area contributed by atoms with Crippen molar-refractivity contribution < 1.29 is 18.8 Å². The molecule has 1 aliphatic heterocycles. The van der Waals surface area contributed by atoms with Crippen LogP contribution < -0.4 is 9.47 Å². The molecule has 1 saturated heterocycles. The van der Waals surface area contributed by atoms with Crippen molar-refractivity contribution in [2.45, 2.75) is 32.2 Å². The third-order valence-electron chi connectivity index (χ3n) is 5.10. The Hall–Kier alpha value is -3.35. The van der Waals surface area contributed by atoms with Gasteiger partial charge in [-0.25, -0.2) is 0 Å². The lowest BCUT2D eigenvalue weighted by Crippen LogP contribution is -2.24. The Labute approximate surface area is 175 Å². The summed E-state index contributed by atoms with van der Waals surface area (Å²) in [6.45, 7) is 3.85. The monoisotopic (exact) mass is 407 g/mol. The molecule has 7 nitrogen and oxygen atoms in total. The van der Waals surface area contributed by atoms with Crippen molar-refractivity contribution in [1.29, 1.82) is 0 Å². The van der Waals surface area contributed by atoms with Crippen LogP contribution in [0.1, 0.15) is 37.1 Å². The Bertz CT molecular complexity index is 1000. The van der Waals surface area contributed by atoms with Crippen molar-refractivity contribution in [2.75, 3.05) is 20.3 Å². The fourth-order valence-corrected chi connectivity index (χ4v) is 3.52. The minimum absolute atomic E-state index is 0.0833. The van der Waals surface area contributed by atoms with Crippen LogP contribution in [0, 0.1) is 0 Å². The molecule has 1 unspecified atom stereocenters. The number of carbonyl (C=O) groups is 1. The van der Waals surface area contributed by atoms with Crippen LogP contribution in [0.25, 0.3) is 11.4 Å². The maximum atomic E-state index is 12.5. The molecule has 3 aromatic rings. The van der Waals surface area contributed by atoms with Crippen molar-refractivity contribution >= 4 is 5.91 Å². The number of nitrogens with zero attached hydrogens (tertiary/aromatic N) is 3. The minimum Gasteiger partial charge on any atom is -0.497 e. The Morgan fingerprint density at radius 2 is 2.00 bits per heavy atom. The van der Waals surface area contributed by atoms with Crippen molar-refractivity contribution in [1.82, 2.24) is 15.0 Å². The second-order valence-corrected chi connectivity index (χ2v) is 7.36. The highest BCUT2D eigenvalue weighted by Gasteiger charge is 2.34. The van der Waals surface area contributed by atoms with Gasteiger partial charge in [-0.15, -0.1) is 0 Å². The smallest absolute Gasteiger partial charge is 0.232 e. The maximum absolute atomic E-state index is 12.5. The van der Waals surface area contributed by atoms with E-state index in [1.54, 1.807) is 7.11 Å². The maximum Gasteiger partial charge on any atom is 0.232 e. The lowest BCUT2D eigenvalue weighted by molar-refractivity contribution is -0.128. The van der Waals surface area contributed by atoms with E-state index < -0.39 is 0 Å². The van der Waals surface area contributed by atoms with Gasteiger partial charge < -0.3 is 18.9 Å². The second-order valence-electron chi connectivity index (χ2n) is 7.36. The molecule has 0 radical (unpaired) electrons. The predicted molar refractivity (Wildman–Crippen MR) is 111 cm³/mol. The first-order valence-corrected chi connectivity index (χ1v) is 10.1. The highest BCUT2D eigenvalue weighted by atomic mass is 16.5. The van der Waals surface area contributed by atoms with E-state index in [0.29, 0.717) is 37.8 Å². The molecule has 1 amide bonds. The second kappa shape index (κ2) is 8.98. The number of rotatable bonds is 8. The molecule has 1 atom stereocenters. The SMILES string of the molecule is CCCOc1ccc(-c2noc(C3CC(=O)N(Cc4cccc(OC)c4)C3)n2)cc1. The van der Waals surface area contributed by atoms with Gasteiger partial charge in [0.15, 0.2) is 0 Å². The zero-order valence-corrected chi connectivity index (χ0v) is 17.2. The van der Waals surface area contributed by atoms with Crippen LogP contribution in [0.15, 0.2) is 53.1 Å². The Balaban J connectivity index is 1.41. The van der Waals surface area contributed by atoms with Crippen LogP contribution in [0.2, 0.25) is 0 Å². The van der Waals surface area contributed by atoms with Crippen molar-refractivity contribution in [2.24, 2.45) is 0 Å². The van der Waals surface area contributed by atoms with Crippen molar-refractivity contribution in [3.05, 3.63) is 60.0 Å². The predicted octanol–water partition coefficient (Wildman–Crippen LogP) is 4.05. The van der Waals surface area contributed by atoms with Crippen molar-refractivity contribution in [3.63, 3.8) is 0 Å². The molecule has 0 N–H and O–H groups in total. The summed E-state index contributed by atoms with van der Waals surface area (Å²) in [7, 11) is 1.63. The van der Waals surface area contributed by atoms with E-state index in [1.165, 1.54) is 0 Å². The van der Waals surface area contributed by atoms with E-state index in [9.17, 15) is 4.79 Å². The quantitative estimate of drug-likeness (QED) is 0.561. The first-order valence-electron chi connectivity index (χ1n) is 10.1. The number of amides is 1. The summed E-state index contributed by atoms with van der Waals surface area (Å²) in [5, 5.41) is 4.11. The van der Waals surface area contributed by atoms with Crippen LogP contribution in [0.4, 0.5) is 0 Å². The van der Waals surface area contributed by atoms with E-state index >= 15 is 0 Å². The molecule has 1 aromatic heterocycles. The number of carbonyl (C=O) groups excluding carboxylic acids is 1. The van der Waals surface area contributed by atoms with Crippen LogP contribution in [-0.2, 0) is 11.3 Å². The highest BCUT2D eigenvalue weighted by Crippen LogP contribution is 2.30. The van der Waals surface area contributed by atoms with Crippen molar-refractivity contribution in [3.8, 4) is 22.9 Å². The van der Waals surface area contributed by atoms with Crippen LogP contribution >= 0.6 is 0 Å². The average Bonchev–Trinajstić information content (AvgIpc) is 3.40. The first kappa shape index (κ1) is 19.9. The molecule has 0 bridgehead atoms. The lowest BCUT2D eigenvalue weighted by Gasteiger charge is -2.16. The van der Waals surface area contributed by atoms with Gasteiger partial charge >= 0.3 is 0 Å². The van der Waals surface area contributed by atoms with Gasteiger partial charge in [0.05, 0.1) is 19.6 Å². The summed E-state index contributed by atoms with van der Waals surface area (Å²) in [4.78, 5) is 18.9. The number of ether oxygens (including phenoxy) is 2. The Morgan fingerprint density at radius 3 is 2.77 bits per heavy atom. The van der Waals surface area contributed by atoms with Gasteiger partial charge in [-0.3, -0.25) is 4.79 Å². The van der Waals surface area contributed by atoms with E-state index in [4.69, 9.17) is 14.0 Å². The van der Waals surface area contributed by atoms with Crippen LogP contribution in [-0.4, -0.2) is 41.2 Å². The average molecular weight is 407 g/mol. The van der Waals surface area contributed by atoms with E-state index in [-0.39, 0.29) is 11.8 Å². The molecule has 0 spiro atoms. The number of likely N-dealkylation sites (tertiary alicyclic amines) is 1. The van der Waals surface area contributed by atoms with Gasteiger partial charge in [-0.05, 0) is 48.4 Å². The normalized spacial score (nSPS) is 16.1. The molecule has 1 fully saturated rings. The van der Waals surface area contributed by atoms with Crippen LogP contribution in [0.3, 0.4) is 0 Å². The fraction of sp³-hybridized carbons (Fsp3) is 0.348. The summed E-state index contributed by atoms with van der Waals surface area (Å²) >= 11 is 0. The van der Waals surface area contributed by atoms with E-state index in [0.717, 1.165) is 29.0 Å². The van der Waals surface area contributed by atoms with Gasteiger partial charge in [-0.2, -0.15) is 4.98 Å². The van der Waals surface area contributed by atoms with Gasteiger partial charge in [0.1, 0.15) is 11.5 Å².